The van der Waals surface area contributed by atoms with Crippen LogP contribution in [0.5, 0.6) is 0 Å². The predicted molar refractivity (Wildman–Crippen MR) is 84.2 cm³/mol. The third-order valence-electron chi connectivity index (χ3n) is 3.33. The van der Waals surface area contributed by atoms with E-state index in [1.165, 1.54) is 5.56 Å². The van der Waals surface area contributed by atoms with Crippen molar-refractivity contribution in [1.82, 2.24) is 0 Å². The maximum absolute atomic E-state index is 12.1. The van der Waals surface area contributed by atoms with Crippen molar-refractivity contribution in [3.05, 3.63) is 65.2 Å². The fraction of sp³-hybridized carbons (Fsp3) is 0.222. The second-order valence-electron chi connectivity index (χ2n) is 5.26. The number of hydrogen-bond donors (Lipinski definition) is 1. The molecule has 2 aromatic rings. The van der Waals surface area contributed by atoms with Crippen molar-refractivity contribution in [3.8, 4) is 6.07 Å². The van der Waals surface area contributed by atoms with E-state index in [9.17, 15) is 4.79 Å². The van der Waals surface area contributed by atoms with E-state index in [2.05, 4.69) is 25.2 Å². The molecule has 0 heterocycles. The lowest BCUT2D eigenvalue weighted by atomic mass is 10.0. The molecular formula is C18H18N2O. The number of rotatable bonds is 4. The van der Waals surface area contributed by atoms with Crippen LogP contribution >= 0.6 is 0 Å². The molecule has 1 N–H and O–H groups in total. The van der Waals surface area contributed by atoms with Crippen molar-refractivity contribution in [3.63, 3.8) is 0 Å². The number of amides is 1. The van der Waals surface area contributed by atoms with Crippen LogP contribution in [0, 0.1) is 11.3 Å². The van der Waals surface area contributed by atoms with Gasteiger partial charge in [-0.05, 0) is 41.3 Å². The van der Waals surface area contributed by atoms with Gasteiger partial charge in [-0.1, -0.05) is 38.1 Å². The van der Waals surface area contributed by atoms with Crippen LogP contribution in [0.4, 0.5) is 5.69 Å². The van der Waals surface area contributed by atoms with E-state index in [4.69, 9.17) is 5.26 Å². The van der Waals surface area contributed by atoms with Gasteiger partial charge in [0.25, 0.3) is 5.91 Å². The smallest absolute Gasteiger partial charge is 0.255 e. The number of anilines is 1. The molecule has 21 heavy (non-hydrogen) atoms. The van der Waals surface area contributed by atoms with Crippen molar-refractivity contribution in [1.29, 1.82) is 5.26 Å². The number of nitrogens with one attached hydrogen (secondary N) is 1. The summed E-state index contributed by atoms with van der Waals surface area (Å²) >= 11 is 0. The Morgan fingerprint density at radius 3 is 2.24 bits per heavy atom. The molecular weight excluding hydrogens is 260 g/mol. The van der Waals surface area contributed by atoms with Gasteiger partial charge in [0.2, 0.25) is 0 Å². The van der Waals surface area contributed by atoms with E-state index in [-0.39, 0.29) is 5.91 Å². The van der Waals surface area contributed by atoms with Gasteiger partial charge in [0.1, 0.15) is 0 Å². The van der Waals surface area contributed by atoms with E-state index in [0.29, 0.717) is 17.9 Å². The number of hydrogen-bond acceptors (Lipinski definition) is 2. The molecule has 0 saturated carbocycles. The molecule has 2 rings (SSSR count). The van der Waals surface area contributed by atoms with Crippen LogP contribution in [0.2, 0.25) is 0 Å². The fourth-order valence-electron chi connectivity index (χ4n) is 2.02. The first kappa shape index (κ1) is 14.8. The lowest BCUT2D eigenvalue weighted by Crippen LogP contribution is -2.11. The van der Waals surface area contributed by atoms with Gasteiger partial charge in [0.05, 0.1) is 12.5 Å². The zero-order valence-corrected chi connectivity index (χ0v) is 12.3. The average molecular weight is 278 g/mol. The summed E-state index contributed by atoms with van der Waals surface area (Å²) in [5, 5.41) is 11.5. The first-order valence-corrected chi connectivity index (χ1v) is 6.97. The highest BCUT2D eigenvalue weighted by Gasteiger charge is 2.06. The molecule has 0 unspecified atom stereocenters. The number of carbonyl (C=O) groups is 1. The molecule has 106 valence electrons. The summed E-state index contributed by atoms with van der Waals surface area (Å²) in [6.45, 7) is 4.27. The van der Waals surface area contributed by atoms with E-state index < -0.39 is 0 Å². The largest absolute Gasteiger partial charge is 0.322 e. The van der Waals surface area contributed by atoms with Crippen LogP contribution in [0.1, 0.15) is 41.3 Å². The van der Waals surface area contributed by atoms with Crippen molar-refractivity contribution in [2.75, 3.05) is 5.32 Å². The highest BCUT2D eigenvalue weighted by molar-refractivity contribution is 6.04. The molecule has 3 nitrogen and oxygen atoms in total. The maximum atomic E-state index is 12.1. The number of benzene rings is 2. The summed E-state index contributed by atoms with van der Waals surface area (Å²) in [7, 11) is 0. The van der Waals surface area contributed by atoms with Crippen LogP contribution in [-0.4, -0.2) is 5.91 Å². The van der Waals surface area contributed by atoms with Crippen LogP contribution in [-0.2, 0) is 6.42 Å². The Labute approximate surface area is 125 Å². The van der Waals surface area contributed by atoms with E-state index in [1.807, 2.05) is 24.3 Å². The minimum absolute atomic E-state index is 0.143. The van der Waals surface area contributed by atoms with Gasteiger partial charge in [0, 0.05) is 11.3 Å². The minimum atomic E-state index is -0.143. The molecule has 0 spiro atoms. The Balaban J connectivity index is 2.05. The van der Waals surface area contributed by atoms with Gasteiger partial charge in [0.15, 0.2) is 0 Å². The second kappa shape index (κ2) is 6.71. The molecule has 0 bridgehead atoms. The van der Waals surface area contributed by atoms with Gasteiger partial charge in [-0.25, -0.2) is 0 Å². The molecule has 0 aliphatic carbocycles. The van der Waals surface area contributed by atoms with Crippen molar-refractivity contribution < 1.29 is 4.79 Å². The number of nitriles is 1. The van der Waals surface area contributed by atoms with E-state index >= 15 is 0 Å². The molecule has 0 fully saturated rings. The monoisotopic (exact) mass is 278 g/mol. The fourth-order valence-corrected chi connectivity index (χ4v) is 2.02. The molecule has 0 atom stereocenters. The lowest BCUT2D eigenvalue weighted by Gasteiger charge is -2.08. The molecule has 0 aromatic heterocycles. The molecule has 2 aromatic carbocycles. The zero-order valence-electron chi connectivity index (χ0n) is 12.3. The SMILES string of the molecule is CC(C)c1ccc(NC(=O)c2ccc(CC#N)cc2)cc1. The third-order valence-corrected chi connectivity index (χ3v) is 3.33. The van der Waals surface area contributed by atoms with E-state index in [1.54, 1.807) is 24.3 Å². The lowest BCUT2D eigenvalue weighted by molar-refractivity contribution is 0.102. The first-order valence-electron chi connectivity index (χ1n) is 6.97. The Bertz CT molecular complexity index is 649. The zero-order chi connectivity index (χ0) is 15.2. The summed E-state index contributed by atoms with van der Waals surface area (Å²) in [6.07, 6.45) is 0.360. The molecule has 1 amide bonds. The Morgan fingerprint density at radius 2 is 1.71 bits per heavy atom. The number of nitrogens with zero attached hydrogens (tertiary/aromatic N) is 1. The van der Waals surface area contributed by atoms with Crippen molar-refractivity contribution in [2.45, 2.75) is 26.2 Å². The Morgan fingerprint density at radius 1 is 1.10 bits per heavy atom. The van der Waals surface area contributed by atoms with Crippen molar-refractivity contribution in [2.24, 2.45) is 0 Å². The van der Waals surface area contributed by atoms with Gasteiger partial charge in [-0.3, -0.25) is 4.79 Å². The highest BCUT2D eigenvalue weighted by atomic mass is 16.1. The maximum Gasteiger partial charge on any atom is 0.255 e. The molecule has 0 saturated heterocycles. The van der Waals surface area contributed by atoms with Gasteiger partial charge in [-0.2, -0.15) is 5.26 Å². The normalized spacial score (nSPS) is 10.2. The third kappa shape index (κ3) is 3.93. The predicted octanol–water partition coefficient (Wildman–Crippen LogP) is 4.13. The molecule has 0 aliphatic rings. The second-order valence-corrected chi connectivity index (χ2v) is 5.26. The summed E-state index contributed by atoms with van der Waals surface area (Å²) in [4.78, 5) is 12.1. The van der Waals surface area contributed by atoms with E-state index in [0.717, 1.165) is 11.3 Å². The summed E-state index contributed by atoms with van der Waals surface area (Å²) in [5.41, 5.74) is 3.53. The minimum Gasteiger partial charge on any atom is -0.322 e. The van der Waals surface area contributed by atoms with Crippen molar-refractivity contribution >= 4 is 11.6 Å². The molecule has 0 radical (unpaired) electrons. The standard InChI is InChI=1S/C18H18N2O/c1-13(2)15-7-9-17(10-8-15)20-18(21)16-5-3-14(4-6-16)11-12-19/h3-10,13H,11H2,1-2H3,(H,20,21). The van der Waals surface area contributed by atoms with Crippen LogP contribution in [0.3, 0.4) is 0 Å². The first-order chi connectivity index (χ1) is 10.1. The van der Waals surface area contributed by atoms with Gasteiger partial charge in [-0.15, -0.1) is 0 Å². The number of carbonyl (C=O) groups excluding carboxylic acids is 1. The van der Waals surface area contributed by atoms with Gasteiger partial charge < -0.3 is 5.32 Å². The van der Waals surface area contributed by atoms with Gasteiger partial charge >= 0.3 is 0 Å². The highest BCUT2D eigenvalue weighted by Crippen LogP contribution is 2.17. The molecule has 0 aliphatic heterocycles. The summed E-state index contributed by atoms with van der Waals surface area (Å²) in [6, 6.07) is 17.1. The average Bonchev–Trinajstić information content (AvgIpc) is 2.49. The van der Waals surface area contributed by atoms with Crippen LogP contribution < -0.4 is 5.32 Å². The molecule has 3 heteroatoms. The summed E-state index contributed by atoms with van der Waals surface area (Å²) in [5.74, 6) is 0.332. The Kier molecular flexibility index (Phi) is 4.73. The summed E-state index contributed by atoms with van der Waals surface area (Å²) < 4.78 is 0. The quantitative estimate of drug-likeness (QED) is 0.914. The Hall–Kier alpha value is -2.60. The topological polar surface area (TPSA) is 52.9 Å². The van der Waals surface area contributed by atoms with Crippen LogP contribution in [0.25, 0.3) is 0 Å². The van der Waals surface area contributed by atoms with Crippen LogP contribution in [0.15, 0.2) is 48.5 Å².